The number of carbonyl (C=O) groups excluding carboxylic acids is 3. The van der Waals surface area contributed by atoms with E-state index < -0.39 is 0 Å². The zero-order chi connectivity index (χ0) is 21.5. The topological polar surface area (TPSA) is 90.5 Å². The van der Waals surface area contributed by atoms with Crippen molar-refractivity contribution < 1.29 is 14.4 Å². The monoisotopic (exact) mass is 408 g/mol. The summed E-state index contributed by atoms with van der Waals surface area (Å²) >= 11 is 0. The number of likely N-dealkylation sites (tertiary alicyclic amines) is 1. The molecule has 0 bridgehead atoms. The maximum Gasteiger partial charge on any atom is 0.321 e. The normalized spacial score (nSPS) is 14.3. The highest BCUT2D eigenvalue weighted by atomic mass is 16.2. The molecule has 0 spiro atoms. The summed E-state index contributed by atoms with van der Waals surface area (Å²) in [6.45, 7) is 4.74. The fourth-order valence-corrected chi connectivity index (χ4v) is 3.24. The molecule has 0 aliphatic carbocycles. The van der Waals surface area contributed by atoms with E-state index >= 15 is 0 Å². The van der Waals surface area contributed by atoms with Crippen molar-refractivity contribution in [1.82, 2.24) is 4.90 Å². The van der Waals surface area contributed by atoms with Gasteiger partial charge in [-0.1, -0.05) is 32.0 Å². The lowest BCUT2D eigenvalue weighted by Gasteiger charge is -2.31. The first-order valence-corrected chi connectivity index (χ1v) is 10.2. The molecule has 7 nitrogen and oxygen atoms in total. The Kier molecular flexibility index (Phi) is 7.06. The molecule has 4 amide bonds. The highest BCUT2D eigenvalue weighted by molar-refractivity contribution is 5.95. The van der Waals surface area contributed by atoms with E-state index in [0.717, 1.165) is 5.69 Å². The summed E-state index contributed by atoms with van der Waals surface area (Å²) in [5.41, 5.74) is 2.15. The number of amides is 4. The molecule has 2 aromatic rings. The van der Waals surface area contributed by atoms with E-state index in [2.05, 4.69) is 16.0 Å². The number of para-hydroxylation sites is 1. The minimum absolute atomic E-state index is 0.0444. The lowest BCUT2D eigenvalue weighted by atomic mass is 9.96. The summed E-state index contributed by atoms with van der Waals surface area (Å²) in [7, 11) is 0. The summed E-state index contributed by atoms with van der Waals surface area (Å²) < 4.78 is 0. The van der Waals surface area contributed by atoms with Crippen molar-refractivity contribution in [3.05, 3.63) is 54.6 Å². The molecule has 0 aromatic heterocycles. The molecule has 1 aliphatic heterocycles. The highest BCUT2D eigenvalue weighted by Gasteiger charge is 2.27. The first-order valence-electron chi connectivity index (χ1n) is 10.2. The molecule has 0 unspecified atom stereocenters. The Morgan fingerprint density at radius 3 is 1.90 bits per heavy atom. The zero-order valence-corrected chi connectivity index (χ0v) is 17.4. The van der Waals surface area contributed by atoms with Gasteiger partial charge in [-0.3, -0.25) is 9.59 Å². The minimum atomic E-state index is -0.140. The Morgan fingerprint density at radius 1 is 0.800 bits per heavy atom. The Labute approximate surface area is 176 Å². The van der Waals surface area contributed by atoms with Crippen molar-refractivity contribution >= 4 is 34.9 Å². The number of benzene rings is 2. The average molecular weight is 409 g/mol. The van der Waals surface area contributed by atoms with Crippen LogP contribution in [0.2, 0.25) is 0 Å². The zero-order valence-electron chi connectivity index (χ0n) is 17.4. The van der Waals surface area contributed by atoms with Crippen LogP contribution in [0.4, 0.5) is 21.9 Å². The van der Waals surface area contributed by atoms with Gasteiger partial charge in [0.2, 0.25) is 11.8 Å². The third kappa shape index (κ3) is 5.83. The number of hydrogen-bond donors (Lipinski definition) is 3. The van der Waals surface area contributed by atoms with Crippen molar-refractivity contribution in [3.63, 3.8) is 0 Å². The Balaban J connectivity index is 1.46. The van der Waals surface area contributed by atoms with Gasteiger partial charge >= 0.3 is 6.03 Å². The minimum Gasteiger partial charge on any atom is -0.326 e. The van der Waals surface area contributed by atoms with Gasteiger partial charge in [0.25, 0.3) is 0 Å². The largest absolute Gasteiger partial charge is 0.326 e. The summed E-state index contributed by atoms with van der Waals surface area (Å²) in [5.74, 6) is -0.317. The van der Waals surface area contributed by atoms with Gasteiger partial charge in [-0.15, -0.1) is 0 Å². The fourth-order valence-electron chi connectivity index (χ4n) is 3.24. The predicted octanol–water partition coefficient (Wildman–Crippen LogP) is 4.16. The van der Waals surface area contributed by atoms with Crippen LogP contribution >= 0.6 is 0 Å². The average Bonchev–Trinajstić information content (AvgIpc) is 2.75. The number of hydrogen-bond acceptors (Lipinski definition) is 3. The van der Waals surface area contributed by atoms with Crippen molar-refractivity contribution in [1.29, 1.82) is 0 Å². The second kappa shape index (κ2) is 9.91. The van der Waals surface area contributed by atoms with Crippen molar-refractivity contribution in [2.75, 3.05) is 29.0 Å². The number of anilines is 3. The van der Waals surface area contributed by atoms with Crippen LogP contribution < -0.4 is 16.0 Å². The molecule has 2 aromatic carbocycles. The number of carbonyl (C=O) groups is 3. The molecular formula is C23H28N4O3. The van der Waals surface area contributed by atoms with Crippen LogP contribution in [-0.2, 0) is 9.59 Å². The summed E-state index contributed by atoms with van der Waals surface area (Å²) in [6.07, 6.45) is 1.24. The standard InChI is InChI=1S/C23H28N4O3/c1-16(2)21(28)24-19-8-10-20(11-9-19)25-22(29)17-12-14-27(15-13-17)23(30)26-18-6-4-3-5-7-18/h3-11,16-17H,12-15H2,1-2H3,(H,24,28)(H,25,29)(H,26,30). The molecule has 1 aliphatic rings. The first kappa shape index (κ1) is 21.4. The van der Waals surface area contributed by atoms with Gasteiger partial charge in [0.15, 0.2) is 0 Å². The Morgan fingerprint density at radius 2 is 1.33 bits per heavy atom. The molecule has 3 N–H and O–H groups in total. The lowest BCUT2D eigenvalue weighted by Crippen LogP contribution is -2.43. The van der Waals surface area contributed by atoms with E-state index in [1.807, 2.05) is 44.2 Å². The predicted molar refractivity (Wildman–Crippen MR) is 118 cm³/mol. The molecule has 1 saturated heterocycles. The molecular weight excluding hydrogens is 380 g/mol. The molecule has 158 valence electrons. The quantitative estimate of drug-likeness (QED) is 0.694. The number of nitrogens with zero attached hydrogens (tertiary/aromatic N) is 1. The molecule has 7 heteroatoms. The molecule has 0 atom stereocenters. The van der Waals surface area contributed by atoms with Crippen LogP contribution in [0, 0.1) is 11.8 Å². The first-order chi connectivity index (χ1) is 14.4. The molecule has 30 heavy (non-hydrogen) atoms. The number of nitrogens with one attached hydrogen (secondary N) is 3. The van der Waals surface area contributed by atoms with Crippen LogP contribution in [0.5, 0.6) is 0 Å². The van der Waals surface area contributed by atoms with E-state index in [1.54, 1.807) is 29.2 Å². The number of piperidine rings is 1. The smallest absolute Gasteiger partial charge is 0.321 e. The lowest BCUT2D eigenvalue weighted by molar-refractivity contribution is -0.121. The third-order valence-corrected chi connectivity index (χ3v) is 5.12. The van der Waals surface area contributed by atoms with Gasteiger partial charge in [-0.2, -0.15) is 0 Å². The number of rotatable bonds is 5. The second-order valence-corrected chi connectivity index (χ2v) is 7.77. The second-order valence-electron chi connectivity index (χ2n) is 7.77. The van der Waals surface area contributed by atoms with E-state index in [4.69, 9.17) is 0 Å². The van der Waals surface area contributed by atoms with Crippen molar-refractivity contribution in [2.45, 2.75) is 26.7 Å². The highest BCUT2D eigenvalue weighted by Crippen LogP contribution is 2.21. The van der Waals surface area contributed by atoms with Gasteiger partial charge in [-0.25, -0.2) is 4.79 Å². The van der Waals surface area contributed by atoms with Gasteiger partial charge in [-0.05, 0) is 49.2 Å². The maximum atomic E-state index is 12.6. The Hall–Kier alpha value is -3.35. The number of urea groups is 1. The van der Waals surface area contributed by atoms with Crippen molar-refractivity contribution in [2.24, 2.45) is 11.8 Å². The molecule has 0 radical (unpaired) electrons. The fraction of sp³-hybridized carbons (Fsp3) is 0.348. The van der Waals surface area contributed by atoms with Crippen LogP contribution in [-0.4, -0.2) is 35.8 Å². The summed E-state index contributed by atoms with van der Waals surface area (Å²) in [4.78, 5) is 38.4. The van der Waals surface area contributed by atoms with Crippen molar-refractivity contribution in [3.8, 4) is 0 Å². The molecule has 1 heterocycles. The van der Waals surface area contributed by atoms with Crippen LogP contribution in [0.3, 0.4) is 0 Å². The summed E-state index contributed by atoms with van der Waals surface area (Å²) in [5, 5.41) is 8.63. The van der Waals surface area contributed by atoms with E-state index in [0.29, 0.717) is 37.3 Å². The van der Waals surface area contributed by atoms with Gasteiger partial charge in [0, 0.05) is 42.0 Å². The SMILES string of the molecule is CC(C)C(=O)Nc1ccc(NC(=O)C2CCN(C(=O)Nc3ccccc3)CC2)cc1. The van der Waals surface area contributed by atoms with Crippen LogP contribution in [0.25, 0.3) is 0 Å². The van der Waals surface area contributed by atoms with Gasteiger partial charge in [0.05, 0.1) is 0 Å². The Bertz CT molecular complexity index is 873. The van der Waals surface area contributed by atoms with E-state index in [-0.39, 0.29) is 29.7 Å². The maximum absolute atomic E-state index is 12.6. The molecule has 1 fully saturated rings. The summed E-state index contributed by atoms with van der Waals surface area (Å²) in [6, 6.07) is 16.3. The van der Waals surface area contributed by atoms with E-state index in [9.17, 15) is 14.4 Å². The molecule has 0 saturated carbocycles. The van der Waals surface area contributed by atoms with Gasteiger partial charge < -0.3 is 20.9 Å². The van der Waals surface area contributed by atoms with Crippen LogP contribution in [0.1, 0.15) is 26.7 Å². The van der Waals surface area contributed by atoms with Crippen LogP contribution in [0.15, 0.2) is 54.6 Å². The van der Waals surface area contributed by atoms with Gasteiger partial charge in [0.1, 0.15) is 0 Å². The van der Waals surface area contributed by atoms with E-state index in [1.165, 1.54) is 0 Å². The molecule has 3 rings (SSSR count). The third-order valence-electron chi connectivity index (χ3n) is 5.12.